The molecule has 2 N–H and O–H groups in total. The van der Waals surface area contributed by atoms with Crippen LogP contribution >= 0.6 is 0 Å². The Bertz CT molecular complexity index is 1800. The minimum Gasteiger partial charge on any atom is -0.456 e. The van der Waals surface area contributed by atoms with E-state index in [2.05, 4.69) is 0 Å². The van der Waals surface area contributed by atoms with Crippen LogP contribution in [0.2, 0.25) is 0 Å². The maximum Gasteiger partial charge on any atom is 0.171 e. The van der Waals surface area contributed by atoms with Crippen LogP contribution < -0.4 is 0 Å². The third-order valence-electron chi connectivity index (χ3n) is 8.37. The first-order chi connectivity index (χ1) is 22.5. The molecule has 5 heteroatoms. The molecule has 1 aliphatic carbocycles. The first kappa shape index (κ1) is 29.2. The highest BCUT2D eigenvalue weighted by Crippen LogP contribution is 2.38. The highest BCUT2D eigenvalue weighted by Gasteiger charge is 2.47. The van der Waals surface area contributed by atoms with Crippen molar-refractivity contribution in [3.8, 4) is 0 Å². The number of rotatable bonds is 6. The lowest BCUT2D eigenvalue weighted by Crippen LogP contribution is -2.23. The van der Waals surface area contributed by atoms with Gasteiger partial charge in [-0.3, -0.25) is 4.79 Å². The fourth-order valence-electron chi connectivity index (χ4n) is 6.00. The Morgan fingerprint density at radius 2 is 0.804 bits per heavy atom. The standard InChI is InChI=1S/C41H32O5/c42-39-33(21-27-23-35(29-13-5-1-6-14-29)45-36(24-27)30-15-7-2-8-16-30)40(43)41(44)34(39)22-28-25-37(31-17-9-3-10-18-31)46-38(26-28)32-19-11-4-12-20-32/h1-26,33-34,39-40,42-43H. The molecule has 4 unspecified atom stereocenters. The van der Waals surface area contributed by atoms with Crippen molar-refractivity contribution in [3.63, 3.8) is 0 Å². The van der Waals surface area contributed by atoms with Crippen molar-refractivity contribution in [2.75, 3.05) is 0 Å². The summed E-state index contributed by atoms with van der Waals surface area (Å²) in [5.74, 6) is 0.377. The van der Waals surface area contributed by atoms with Gasteiger partial charge in [0.15, 0.2) is 5.78 Å². The van der Waals surface area contributed by atoms with E-state index in [-0.39, 0.29) is 0 Å². The molecule has 46 heavy (non-hydrogen) atoms. The highest BCUT2D eigenvalue weighted by atomic mass is 16.5. The summed E-state index contributed by atoms with van der Waals surface area (Å²) in [5, 5.41) is 22.7. The second-order valence-corrected chi connectivity index (χ2v) is 11.5. The van der Waals surface area contributed by atoms with Crippen LogP contribution in [-0.2, 0) is 14.3 Å². The van der Waals surface area contributed by atoms with Crippen LogP contribution in [0.4, 0.5) is 0 Å². The number of hydrogen-bond donors (Lipinski definition) is 2. The zero-order chi connectivity index (χ0) is 31.5. The van der Waals surface area contributed by atoms with E-state index in [4.69, 9.17) is 9.47 Å². The molecule has 0 radical (unpaired) electrons. The molecule has 0 aromatic heterocycles. The smallest absolute Gasteiger partial charge is 0.171 e. The number of Topliss-reactive ketones (excluding diaryl/α,β-unsaturated/α-hetero) is 1. The molecule has 3 aliphatic rings. The maximum atomic E-state index is 13.5. The van der Waals surface area contributed by atoms with Crippen molar-refractivity contribution in [1.82, 2.24) is 0 Å². The van der Waals surface area contributed by atoms with Crippen LogP contribution in [0.3, 0.4) is 0 Å². The fraction of sp³-hybridized carbons (Fsp3) is 0.0976. The summed E-state index contributed by atoms with van der Waals surface area (Å²) in [6.07, 6.45) is 8.48. The van der Waals surface area contributed by atoms with Gasteiger partial charge in [0.25, 0.3) is 0 Å². The third kappa shape index (κ3) is 6.07. The fourth-order valence-corrected chi connectivity index (χ4v) is 6.00. The summed E-state index contributed by atoms with van der Waals surface area (Å²) in [6.45, 7) is 0. The first-order valence-electron chi connectivity index (χ1n) is 15.3. The van der Waals surface area contributed by atoms with Gasteiger partial charge in [-0.25, -0.2) is 0 Å². The SMILES string of the molecule is O=C1C(O)C(C=C2C=C(c3ccccc3)OC(c3ccccc3)=C2)C(O)C1C=C1C=C(c2ccccc2)OC(c2ccccc2)=C1. The molecule has 4 atom stereocenters. The van der Waals surface area contributed by atoms with E-state index in [0.717, 1.165) is 27.8 Å². The maximum absolute atomic E-state index is 13.5. The van der Waals surface area contributed by atoms with Gasteiger partial charge in [0.2, 0.25) is 0 Å². The van der Waals surface area contributed by atoms with Gasteiger partial charge >= 0.3 is 0 Å². The van der Waals surface area contributed by atoms with Gasteiger partial charge in [0.1, 0.15) is 29.1 Å². The molecular formula is C41H32O5. The van der Waals surface area contributed by atoms with Gasteiger partial charge in [-0.2, -0.15) is 0 Å². The van der Waals surface area contributed by atoms with E-state index >= 15 is 0 Å². The van der Waals surface area contributed by atoms with E-state index in [1.54, 1.807) is 12.2 Å². The topological polar surface area (TPSA) is 76.0 Å². The van der Waals surface area contributed by atoms with Crippen molar-refractivity contribution in [3.05, 3.63) is 191 Å². The Balaban J connectivity index is 1.24. The monoisotopic (exact) mass is 604 g/mol. The van der Waals surface area contributed by atoms with Crippen LogP contribution in [0.25, 0.3) is 23.0 Å². The van der Waals surface area contributed by atoms with Crippen LogP contribution in [0.15, 0.2) is 169 Å². The Kier molecular flexibility index (Phi) is 8.17. The van der Waals surface area contributed by atoms with E-state index in [9.17, 15) is 15.0 Å². The van der Waals surface area contributed by atoms with E-state index < -0.39 is 29.8 Å². The summed E-state index contributed by atoms with van der Waals surface area (Å²) in [5.41, 5.74) is 5.00. The number of allylic oxidation sites excluding steroid dienone is 6. The molecule has 1 saturated carbocycles. The largest absolute Gasteiger partial charge is 0.456 e. The van der Waals surface area contributed by atoms with Crippen LogP contribution in [-0.4, -0.2) is 28.2 Å². The second kappa shape index (κ2) is 12.9. The summed E-state index contributed by atoms with van der Waals surface area (Å²) in [4.78, 5) is 13.5. The number of carbonyl (C=O) groups is 1. The van der Waals surface area contributed by atoms with Crippen molar-refractivity contribution in [1.29, 1.82) is 0 Å². The van der Waals surface area contributed by atoms with E-state index in [1.807, 2.05) is 146 Å². The molecule has 4 aromatic carbocycles. The lowest BCUT2D eigenvalue weighted by molar-refractivity contribution is -0.127. The van der Waals surface area contributed by atoms with Gasteiger partial charge in [-0.05, 0) is 35.5 Å². The molecule has 0 saturated heterocycles. The number of carbonyl (C=O) groups excluding carboxylic acids is 1. The van der Waals surface area contributed by atoms with Crippen molar-refractivity contribution in [2.45, 2.75) is 12.2 Å². The summed E-state index contributed by atoms with van der Waals surface area (Å²) < 4.78 is 12.6. The zero-order valence-corrected chi connectivity index (χ0v) is 24.9. The third-order valence-corrected chi connectivity index (χ3v) is 8.37. The average molecular weight is 605 g/mol. The van der Waals surface area contributed by atoms with Gasteiger partial charge < -0.3 is 19.7 Å². The number of aliphatic hydroxyl groups is 2. The lowest BCUT2D eigenvalue weighted by atomic mass is 9.93. The van der Waals surface area contributed by atoms with Crippen LogP contribution in [0.1, 0.15) is 22.3 Å². The van der Waals surface area contributed by atoms with Crippen LogP contribution in [0.5, 0.6) is 0 Å². The quantitative estimate of drug-likeness (QED) is 0.237. The zero-order valence-electron chi connectivity index (χ0n) is 24.9. The van der Waals surface area contributed by atoms with Gasteiger partial charge in [-0.1, -0.05) is 133 Å². The van der Waals surface area contributed by atoms with Crippen LogP contribution in [0, 0.1) is 11.8 Å². The van der Waals surface area contributed by atoms with Crippen molar-refractivity contribution in [2.24, 2.45) is 11.8 Å². The number of aliphatic hydroxyl groups excluding tert-OH is 2. The molecule has 7 rings (SSSR count). The number of ketones is 1. The predicted molar refractivity (Wildman–Crippen MR) is 180 cm³/mol. The van der Waals surface area contributed by atoms with E-state index in [0.29, 0.717) is 28.6 Å². The molecule has 226 valence electrons. The molecule has 4 aromatic rings. The Labute approximate surface area is 268 Å². The Morgan fingerprint density at radius 1 is 0.478 bits per heavy atom. The summed E-state index contributed by atoms with van der Waals surface area (Å²) in [6, 6.07) is 39.0. The second-order valence-electron chi connectivity index (χ2n) is 11.5. The Hall–Kier alpha value is -5.49. The molecule has 2 heterocycles. The highest BCUT2D eigenvalue weighted by molar-refractivity contribution is 5.91. The minimum absolute atomic E-state index is 0.427. The first-order valence-corrected chi connectivity index (χ1v) is 15.3. The number of hydrogen-bond acceptors (Lipinski definition) is 5. The minimum atomic E-state index is -1.37. The molecule has 2 aliphatic heterocycles. The molecule has 0 spiro atoms. The molecule has 0 amide bonds. The van der Waals surface area contributed by atoms with Gasteiger partial charge in [-0.15, -0.1) is 0 Å². The summed E-state index contributed by atoms with van der Waals surface area (Å²) in [7, 11) is 0. The molecular weight excluding hydrogens is 572 g/mol. The molecule has 0 bridgehead atoms. The molecule has 5 nitrogen and oxygen atoms in total. The predicted octanol–water partition coefficient (Wildman–Crippen LogP) is 7.60. The lowest BCUT2D eigenvalue weighted by Gasteiger charge is -2.21. The van der Waals surface area contributed by atoms with Gasteiger partial charge in [0, 0.05) is 28.2 Å². The van der Waals surface area contributed by atoms with Crippen molar-refractivity contribution >= 4 is 28.8 Å². The number of benzene rings is 4. The average Bonchev–Trinajstić information content (AvgIpc) is 3.31. The normalized spacial score (nSPS) is 22.5. The van der Waals surface area contributed by atoms with Gasteiger partial charge in [0.05, 0.1) is 12.0 Å². The molecule has 1 fully saturated rings. The Morgan fingerprint density at radius 3 is 1.15 bits per heavy atom. The number of ether oxygens (including phenoxy) is 2. The van der Waals surface area contributed by atoms with Crippen molar-refractivity contribution < 1.29 is 24.5 Å². The summed E-state index contributed by atoms with van der Waals surface area (Å²) >= 11 is 0. The van der Waals surface area contributed by atoms with E-state index in [1.165, 1.54) is 0 Å².